The summed E-state index contributed by atoms with van der Waals surface area (Å²) in [7, 11) is 0. The maximum atomic E-state index is 12.4. The summed E-state index contributed by atoms with van der Waals surface area (Å²) in [4.78, 5) is 12.4. The second-order valence-corrected chi connectivity index (χ2v) is 6.20. The Bertz CT molecular complexity index is 839. The molecule has 3 rings (SSSR count). The van der Waals surface area contributed by atoms with Gasteiger partial charge in [-0.25, -0.2) is 4.79 Å². The highest BCUT2D eigenvalue weighted by Crippen LogP contribution is 2.21. The van der Waals surface area contributed by atoms with E-state index in [0.717, 1.165) is 16.7 Å². The molecule has 0 saturated heterocycles. The Morgan fingerprint density at radius 2 is 1.46 bits per heavy atom. The molecule has 0 aliphatic heterocycles. The lowest BCUT2D eigenvalue weighted by Gasteiger charge is -2.19. The number of carbonyl (C=O) groups is 1. The van der Waals surface area contributed by atoms with Gasteiger partial charge in [-0.2, -0.15) is 0 Å². The van der Waals surface area contributed by atoms with Gasteiger partial charge in [-0.1, -0.05) is 84.4 Å². The Labute approximate surface area is 158 Å². The first-order chi connectivity index (χ1) is 12.7. The molecule has 0 aromatic heterocycles. The van der Waals surface area contributed by atoms with E-state index >= 15 is 0 Å². The maximum Gasteiger partial charge on any atom is 0.319 e. The summed E-state index contributed by atoms with van der Waals surface area (Å²) in [6, 6.07) is 26.7. The van der Waals surface area contributed by atoms with Crippen LogP contribution in [-0.4, -0.2) is 6.03 Å². The average molecular weight is 363 g/mol. The van der Waals surface area contributed by atoms with Gasteiger partial charge in [0.1, 0.15) is 0 Å². The van der Waals surface area contributed by atoms with Gasteiger partial charge in [-0.3, -0.25) is 0 Å². The fraction of sp³-hybridized carbons (Fsp3) is 0.0455. The van der Waals surface area contributed by atoms with E-state index in [9.17, 15) is 4.79 Å². The van der Waals surface area contributed by atoms with E-state index in [0.29, 0.717) is 5.02 Å². The summed E-state index contributed by atoms with van der Waals surface area (Å²) in [5.41, 5.74) is 2.96. The Kier molecular flexibility index (Phi) is 6.07. The summed E-state index contributed by atoms with van der Waals surface area (Å²) >= 11 is 5.96. The third kappa shape index (κ3) is 4.98. The molecular formula is C22H19ClN2O. The molecule has 2 N–H and O–H groups in total. The standard InChI is InChI=1S/C22H19ClN2O/c23-20-13-7-8-17(16-20)14-15-24-22(26)25-21(18-9-3-1-4-10-18)19-11-5-2-6-12-19/h1-16,21H,(H2,24,25,26)/b15-14+. The number of hydrogen-bond donors (Lipinski definition) is 2. The minimum Gasteiger partial charge on any atom is -0.327 e. The smallest absolute Gasteiger partial charge is 0.319 e. The SMILES string of the molecule is O=C(N/C=C/c1cccc(Cl)c1)NC(c1ccccc1)c1ccccc1. The average Bonchev–Trinajstić information content (AvgIpc) is 2.67. The highest BCUT2D eigenvalue weighted by atomic mass is 35.5. The number of urea groups is 1. The molecule has 0 atom stereocenters. The number of benzene rings is 3. The first kappa shape index (κ1) is 17.8. The van der Waals surface area contributed by atoms with Crippen LogP contribution in [-0.2, 0) is 0 Å². The molecule has 0 fully saturated rings. The highest BCUT2D eigenvalue weighted by molar-refractivity contribution is 6.30. The van der Waals surface area contributed by atoms with Crippen molar-refractivity contribution in [2.45, 2.75) is 6.04 Å². The molecule has 26 heavy (non-hydrogen) atoms. The third-order valence-electron chi connectivity index (χ3n) is 3.88. The number of nitrogens with one attached hydrogen (secondary N) is 2. The van der Waals surface area contributed by atoms with Gasteiger partial charge in [0.2, 0.25) is 0 Å². The number of amides is 2. The normalized spacial score (nSPS) is 10.8. The van der Waals surface area contributed by atoms with Crippen LogP contribution in [0.3, 0.4) is 0 Å². The molecule has 4 heteroatoms. The van der Waals surface area contributed by atoms with Gasteiger partial charge in [-0.15, -0.1) is 0 Å². The minimum absolute atomic E-state index is 0.225. The highest BCUT2D eigenvalue weighted by Gasteiger charge is 2.15. The van der Waals surface area contributed by atoms with Crippen LogP contribution in [0.25, 0.3) is 6.08 Å². The second kappa shape index (κ2) is 8.88. The lowest BCUT2D eigenvalue weighted by atomic mass is 9.99. The van der Waals surface area contributed by atoms with Crippen LogP contribution < -0.4 is 10.6 Å². The molecule has 2 amide bonds. The van der Waals surface area contributed by atoms with Crippen LogP contribution in [0.4, 0.5) is 4.79 Å². The van der Waals surface area contributed by atoms with Crippen molar-refractivity contribution in [3.05, 3.63) is 113 Å². The van der Waals surface area contributed by atoms with E-state index in [1.54, 1.807) is 12.3 Å². The van der Waals surface area contributed by atoms with Gasteiger partial charge >= 0.3 is 6.03 Å². The molecule has 0 aliphatic rings. The Morgan fingerprint density at radius 1 is 0.846 bits per heavy atom. The third-order valence-corrected chi connectivity index (χ3v) is 4.12. The van der Waals surface area contributed by atoms with Crippen LogP contribution >= 0.6 is 11.6 Å². The molecule has 0 saturated carbocycles. The lowest BCUT2D eigenvalue weighted by molar-refractivity contribution is 0.242. The first-order valence-corrected chi connectivity index (χ1v) is 8.69. The quantitative estimate of drug-likeness (QED) is 0.626. The van der Waals surface area contributed by atoms with Gasteiger partial charge in [0.05, 0.1) is 6.04 Å². The van der Waals surface area contributed by atoms with Crippen molar-refractivity contribution in [3.8, 4) is 0 Å². The molecule has 3 aromatic rings. The molecule has 3 aromatic carbocycles. The summed E-state index contributed by atoms with van der Waals surface area (Å²) in [6.07, 6.45) is 3.40. The molecule has 0 aliphatic carbocycles. The van der Waals surface area contributed by atoms with Crippen LogP contribution in [0.5, 0.6) is 0 Å². The van der Waals surface area contributed by atoms with Crippen LogP contribution in [0, 0.1) is 0 Å². The number of hydrogen-bond acceptors (Lipinski definition) is 1. The van der Waals surface area contributed by atoms with Crippen molar-refractivity contribution < 1.29 is 4.79 Å². The number of rotatable bonds is 5. The van der Waals surface area contributed by atoms with E-state index in [2.05, 4.69) is 10.6 Å². The van der Waals surface area contributed by atoms with Crippen molar-refractivity contribution in [2.24, 2.45) is 0 Å². The second-order valence-electron chi connectivity index (χ2n) is 5.76. The van der Waals surface area contributed by atoms with Crippen molar-refractivity contribution in [1.82, 2.24) is 10.6 Å². The van der Waals surface area contributed by atoms with Crippen molar-refractivity contribution >= 4 is 23.7 Å². The topological polar surface area (TPSA) is 41.1 Å². The minimum atomic E-state index is -0.277. The zero-order valence-corrected chi connectivity index (χ0v) is 14.9. The van der Waals surface area contributed by atoms with Crippen LogP contribution in [0.2, 0.25) is 5.02 Å². The Balaban J connectivity index is 1.70. The molecule has 0 radical (unpaired) electrons. The predicted octanol–water partition coefficient (Wildman–Crippen LogP) is 5.40. The van der Waals surface area contributed by atoms with E-state index in [1.807, 2.05) is 84.9 Å². The van der Waals surface area contributed by atoms with Gasteiger partial charge in [0.15, 0.2) is 0 Å². The van der Waals surface area contributed by atoms with Crippen molar-refractivity contribution in [3.63, 3.8) is 0 Å². The fourth-order valence-corrected chi connectivity index (χ4v) is 2.85. The fourth-order valence-electron chi connectivity index (χ4n) is 2.65. The molecule has 0 bridgehead atoms. The lowest BCUT2D eigenvalue weighted by Crippen LogP contribution is -2.35. The van der Waals surface area contributed by atoms with Crippen LogP contribution in [0.1, 0.15) is 22.7 Å². The largest absolute Gasteiger partial charge is 0.327 e. The molecule has 0 spiro atoms. The van der Waals surface area contributed by atoms with E-state index in [1.165, 1.54) is 0 Å². The first-order valence-electron chi connectivity index (χ1n) is 8.31. The van der Waals surface area contributed by atoms with E-state index < -0.39 is 0 Å². The van der Waals surface area contributed by atoms with E-state index in [-0.39, 0.29) is 12.1 Å². The zero-order chi connectivity index (χ0) is 18.2. The molecule has 3 nitrogen and oxygen atoms in total. The zero-order valence-electron chi connectivity index (χ0n) is 14.1. The summed E-state index contributed by atoms with van der Waals surface area (Å²) < 4.78 is 0. The summed E-state index contributed by atoms with van der Waals surface area (Å²) in [5.74, 6) is 0. The molecule has 0 unspecified atom stereocenters. The maximum absolute atomic E-state index is 12.4. The van der Waals surface area contributed by atoms with Crippen molar-refractivity contribution in [2.75, 3.05) is 0 Å². The monoisotopic (exact) mass is 362 g/mol. The predicted molar refractivity (Wildman–Crippen MR) is 107 cm³/mol. The van der Waals surface area contributed by atoms with Crippen LogP contribution in [0.15, 0.2) is 91.1 Å². The van der Waals surface area contributed by atoms with Gasteiger partial charge in [0.25, 0.3) is 0 Å². The van der Waals surface area contributed by atoms with Gasteiger partial charge in [-0.05, 0) is 34.9 Å². The summed E-state index contributed by atoms with van der Waals surface area (Å²) in [5, 5.41) is 6.42. The number of halogens is 1. The molecule has 130 valence electrons. The summed E-state index contributed by atoms with van der Waals surface area (Å²) in [6.45, 7) is 0. The van der Waals surface area contributed by atoms with E-state index in [4.69, 9.17) is 11.6 Å². The van der Waals surface area contributed by atoms with Gasteiger partial charge < -0.3 is 10.6 Å². The Hall–Kier alpha value is -3.04. The van der Waals surface area contributed by atoms with Gasteiger partial charge in [0, 0.05) is 11.2 Å². The number of carbonyl (C=O) groups excluding carboxylic acids is 1. The van der Waals surface area contributed by atoms with Crippen molar-refractivity contribution in [1.29, 1.82) is 0 Å². The molecular weight excluding hydrogens is 344 g/mol. The molecule has 0 heterocycles. The Morgan fingerprint density at radius 3 is 2.04 bits per heavy atom.